The highest BCUT2D eigenvalue weighted by Gasteiger charge is 2.20. The molecule has 24 heavy (non-hydrogen) atoms. The van der Waals surface area contributed by atoms with Crippen molar-refractivity contribution in [2.75, 3.05) is 11.9 Å². The predicted molar refractivity (Wildman–Crippen MR) is 92.4 cm³/mol. The minimum absolute atomic E-state index is 0.589. The van der Waals surface area contributed by atoms with Gasteiger partial charge in [-0.1, -0.05) is 5.21 Å². The zero-order valence-electron chi connectivity index (χ0n) is 13.3. The molecule has 8 heteroatoms. The molecule has 0 saturated heterocycles. The maximum atomic E-state index is 4.36. The topological polar surface area (TPSA) is 71.8 Å². The van der Waals surface area contributed by atoms with Crippen LogP contribution in [0, 0.1) is 0 Å². The minimum Gasteiger partial charge on any atom is -0.348 e. The molecular weight excluding hydrogens is 322 g/mol. The van der Waals surface area contributed by atoms with Gasteiger partial charge < -0.3 is 5.32 Å². The molecule has 3 aromatic heterocycles. The predicted octanol–water partition coefficient (Wildman–Crippen LogP) is 2.15. The van der Waals surface area contributed by atoms with E-state index in [-0.39, 0.29) is 0 Å². The van der Waals surface area contributed by atoms with Gasteiger partial charge in [-0.15, -0.1) is 5.10 Å². The van der Waals surface area contributed by atoms with Crippen molar-refractivity contribution >= 4 is 17.3 Å². The normalized spacial score (nSPS) is 15.0. The number of nitrogens with zero attached hydrogens (tertiary/aromatic N) is 6. The van der Waals surface area contributed by atoms with Crippen molar-refractivity contribution in [2.45, 2.75) is 32.6 Å². The lowest BCUT2D eigenvalue weighted by Gasteiger charge is -2.19. The molecule has 0 saturated carbocycles. The average Bonchev–Trinajstić information content (AvgIpc) is 3.20. The van der Waals surface area contributed by atoms with Gasteiger partial charge in [-0.05, 0) is 34.9 Å². The van der Waals surface area contributed by atoms with Crippen LogP contribution in [0.15, 0.2) is 35.3 Å². The fraction of sp³-hybridized carbons (Fsp3) is 0.375. The van der Waals surface area contributed by atoms with E-state index in [0.717, 1.165) is 38.3 Å². The van der Waals surface area contributed by atoms with E-state index in [1.54, 1.807) is 29.8 Å². The van der Waals surface area contributed by atoms with Gasteiger partial charge in [0.1, 0.15) is 5.69 Å². The molecule has 3 aromatic rings. The highest BCUT2D eigenvalue weighted by molar-refractivity contribution is 7.07. The molecule has 1 aliphatic heterocycles. The third-order valence-electron chi connectivity index (χ3n) is 4.10. The molecule has 0 amide bonds. The summed E-state index contributed by atoms with van der Waals surface area (Å²) in [7, 11) is 0. The molecule has 1 N–H and O–H groups in total. The van der Waals surface area contributed by atoms with Gasteiger partial charge in [0.15, 0.2) is 0 Å². The Morgan fingerprint density at radius 1 is 1.21 bits per heavy atom. The Kier molecular flexibility index (Phi) is 4.48. The number of rotatable bonds is 5. The highest BCUT2D eigenvalue weighted by Crippen LogP contribution is 2.18. The van der Waals surface area contributed by atoms with Crippen LogP contribution in [0.5, 0.6) is 0 Å². The lowest BCUT2D eigenvalue weighted by molar-refractivity contribution is 0.260. The van der Waals surface area contributed by atoms with Crippen LogP contribution in [0.2, 0.25) is 0 Å². The Bertz CT molecular complexity index is 769. The lowest BCUT2D eigenvalue weighted by Crippen LogP contribution is -2.23. The Morgan fingerprint density at radius 3 is 2.96 bits per heavy atom. The summed E-state index contributed by atoms with van der Waals surface area (Å²) in [6.07, 6.45) is 4.54. The minimum atomic E-state index is 0.589. The molecule has 4 heterocycles. The number of fused-ring (bicyclic) bond motifs is 1. The molecule has 0 atom stereocenters. The van der Waals surface area contributed by atoms with Crippen molar-refractivity contribution < 1.29 is 0 Å². The van der Waals surface area contributed by atoms with Gasteiger partial charge in [-0.2, -0.15) is 11.3 Å². The van der Waals surface area contributed by atoms with Crippen molar-refractivity contribution in [2.24, 2.45) is 0 Å². The number of aryl methyl sites for hydroxylation is 1. The summed E-state index contributed by atoms with van der Waals surface area (Å²) in [6, 6.07) is 4.00. The summed E-state index contributed by atoms with van der Waals surface area (Å²) in [5, 5.41) is 16.3. The number of anilines is 1. The summed E-state index contributed by atoms with van der Waals surface area (Å²) < 4.78 is 2.04. The first-order valence-electron chi connectivity index (χ1n) is 8.04. The largest absolute Gasteiger partial charge is 0.348 e. The molecule has 4 rings (SSSR count). The fourth-order valence-corrected chi connectivity index (χ4v) is 3.58. The fourth-order valence-electron chi connectivity index (χ4n) is 2.92. The first-order chi connectivity index (χ1) is 11.9. The Morgan fingerprint density at radius 2 is 2.12 bits per heavy atom. The number of nitrogens with one attached hydrogen (secondary N) is 1. The summed E-state index contributed by atoms with van der Waals surface area (Å²) >= 11 is 1.75. The Balaban J connectivity index is 1.47. The second-order valence-electron chi connectivity index (χ2n) is 5.83. The standard InChI is InChI=1S/C16H19N7S/c1-4-17-16(18-5-1)19-9-14-15-11-22(10-13-3-8-24-12-13)6-2-7-23(15)21-20-14/h1,3-5,8,12H,2,6-7,9-11H2,(H,17,18,19). The summed E-state index contributed by atoms with van der Waals surface area (Å²) in [4.78, 5) is 10.8. The quantitative estimate of drug-likeness (QED) is 0.767. The third-order valence-corrected chi connectivity index (χ3v) is 4.83. The lowest BCUT2D eigenvalue weighted by atomic mass is 10.2. The van der Waals surface area contributed by atoms with Gasteiger partial charge in [0.05, 0.1) is 12.2 Å². The average molecular weight is 341 g/mol. The number of thiophene rings is 1. The molecule has 7 nitrogen and oxygen atoms in total. The van der Waals surface area contributed by atoms with E-state index in [1.807, 2.05) is 4.68 Å². The van der Waals surface area contributed by atoms with Crippen LogP contribution in [-0.2, 0) is 26.2 Å². The van der Waals surface area contributed by atoms with E-state index in [9.17, 15) is 0 Å². The van der Waals surface area contributed by atoms with Gasteiger partial charge in [0.25, 0.3) is 0 Å². The van der Waals surface area contributed by atoms with Crippen molar-refractivity contribution in [3.05, 3.63) is 52.2 Å². The second kappa shape index (κ2) is 7.06. The van der Waals surface area contributed by atoms with Crippen molar-refractivity contribution in [1.82, 2.24) is 29.9 Å². The van der Waals surface area contributed by atoms with Crippen LogP contribution in [0.4, 0.5) is 5.95 Å². The number of hydrogen-bond acceptors (Lipinski definition) is 7. The number of aromatic nitrogens is 5. The summed E-state index contributed by atoms with van der Waals surface area (Å²) in [5.41, 5.74) is 3.53. The number of hydrogen-bond donors (Lipinski definition) is 1. The third kappa shape index (κ3) is 3.44. The van der Waals surface area contributed by atoms with Crippen molar-refractivity contribution in [1.29, 1.82) is 0 Å². The molecule has 0 spiro atoms. The van der Waals surface area contributed by atoms with E-state index in [0.29, 0.717) is 12.5 Å². The van der Waals surface area contributed by atoms with Gasteiger partial charge in [0, 0.05) is 38.6 Å². The van der Waals surface area contributed by atoms with Crippen molar-refractivity contribution in [3.8, 4) is 0 Å². The van der Waals surface area contributed by atoms with E-state index >= 15 is 0 Å². The molecule has 0 unspecified atom stereocenters. The highest BCUT2D eigenvalue weighted by atomic mass is 32.1. The van der Waals surface area contributed by atoms with Crippen LogP contribution in [0.25, 0.3) is 0 Å². The maximum Gasteiger partial charge on any atom is 0.222 e. The maximum absolute atomic E-state index is 4.36. The molecule has 124 valence electrons. The smallest absolute Gasteiger partial charge is 0.222 e. The molecule has 0 aliphatic carbocycles. The molecule has 1 aliphatic rings. The van der Waals surface area contributed by atoms with Crippen LogP contribution in [-0.4, -0.2) is 36.4 Å². The van der Waals surface area contributed by atoms with Gasteiger partial charge in [-0.3, -0.25) is 4.90 Å². The van der Waals surface area contributed by atoms with E-state index < -0.39 is 0 Å². The molecular formula is C16H19N7S. The second-order valence-corrected chi connectivity index (χ2v) is 6.61. The first kappa shape index (κ1) is 15.2. The van der Waals surface area contributed by atoms with E-state index in [4.69, 9.17) is 0 Å². The molecule has 0 fully saturated rings. The Labute approximate surface area is 144 Å². The van der Waals surface area contributed by atoms with Crippen molar-refractivity contribution in [3.63, 3.8) is 0 Å². The molecule has 0 radical (unpaired) electrons. The van der Waals surface area contributed by atoms with Gasteiger partial charge in [-0.25, -0.2) is 14.6 Å². The van der Waals surface area contributed by atoms with E-state index in [1.165, 1.54) is 11.3 Å². The SMILES string of the molecule is c1cnc(NCc2nnn3c2CN(Cc2ccsc2)CCC3)nc1. The molecule has 0 aromatic carbocycles. The van der Waals surface area contributed by atoms with E-state index in [2.05, 4.69) is 47.3 Å². The molecule has 0 bridgehead atoms. The van der Waals surface area contributed by atoms with Crippen LogP contribution >= 0.6 is 11.3 Å². The van der Waals surface area contributed by atoms with Gasteiger partial charge in [0.2, 0.25) is 5.95 Å². The van der Waals surface area contributed by atoms with Crippen LogP contribution in [0.1, 0.15) is 23.4 Å². The van der Waals surface area contributed by atoms with Crippen LogP contribution < -0.4 is 5.32 Å². The summed E-state index contributed by atoms with van der Waals surface area (Å²) in [6.45, 7) is 4.43. The summed E-state index contributed by atoms with van der Waals surface area (Å²) in [5.74, 6) is 0.614. The zero-order chi connectivity index (χ0) is 16.2. The van der Waals surface area contributed by atoms with Crippen LogP contribution in [0.3, 0.4) is 0 Å². The van der Waals surface area contributed by atoms with Gasteiger partial charge >= 0.3 is 0 Å². The monoisotopic (exact) mass is 341 g/mol. The Hall–Kier alpha value is -2.32. The zero-order valence-corrected chi connectivity index (χ0v) is 14.1. The first-order valence-corrected chi connectivity index (χ1v) is 8.98.